The Labute approximate surface area is 131 Å². The van der Waals surface area contributed by atoms with Crippen LogP contribution in [0.2, 0.25) is 5.02 Å². The third kappa shape index (κ3) is 3.73. The summed E-state index contributed by atoms with van der Waals surface area (Å²) in [6.07, 6.45) is -0.0805. The maximum absolute atomic E-state index is 11.9. The number of nitro groups is 1. The summed E-state index contributed by atoms with van der Waals surface area (Å²) in [6.45, 7) is 0. The number of benzene rings is 2. The molecule has 0 unspecified atom stereocenters. The number of ether oxygens (including phenoxy) is 2. The highest BCUT2D eigenvalue weighted by molar-refractivity contribution is 6.31. The lowest BCUT2D eigenvalue weighted by Gasteiger charge is -2.07. The van der Waals surface area contributed by atoms with Crippen LogP contribution in [0.15, 0.2) is 42.5 Å². The zero-order valence-electron chi connectivity index (χ0n) is 11.6. The van der Waals surface area contributed by atoms with Crippen molar-refractivity contribution in [1.82, 2.24) is 0 Å². The van der Waals surface area contributed by atoms with Crippen molar-refractivity contribution in [1.29, 1.82) is 0 Å². The second-order valence-electron chi connectivity index (χ2n) is 4.33. The standard InChI is InChI=1S/C15H12ClNO5/c1-21-11-6-7-14(13(9-11)17(19)20)22-15(18)8-10-4-2-3-5-12(10)16/h2-7,9H,8H2,1H3. The Hall–Kier alpha value is -2.60. The smallest absolute Gasteiger partial charge is 0.315 e. The number of rotatable bonds is 5. The molecule has 0 atom stereocenters. The summed E-state index contributed by atoms with van der Waals surface area (Å²) in [7, 11) is 1.39. The van der Waals surface area contributed by atoms with Gasteiger partial charge in [-0.3, -0.25) is 14.9 Å². The van der Waals surface area contributed by atoms with Gasteiger partial charge >= 0.3 is 11.7 Å². The summed E-state index contributed by atoms with van der Waals surface area (Å²) in [5, 5.41) is 11.5. The van der Waals surface area contributed by atoms with Crippen LogP contribution >= 0.6 is 11.6 Å². The summed E-state index contributed by atoms with van der Waals surface area (Å²) in [5.41, 5.74) is 0.247. The Bertz CT molecular complexity index is 717. The van der Waals surface area contributed by atoms with Crippen molar-refractivity contribution in [2.45, 2.75) is 6.42 Å². The Morgan fingerprint density at radius 3 is 2.64 bits per heavy atom. The van der Waals surface area contributed by atoms with Gasteiger partial charge in [-0.2, -0.15) is 0 Å². The third-order valence-electron chi connectivity index (χ3n) is 2.88. The Kier molecular flexibility index (Phi) is 4.95. The predicted molar refractivity (Wildman–Crippen MR) is 80.4 cm³/mol. The van der Waals surface area contributed by atoms with Crippen molar-refractivity contribution < 1.29 is 19.2 Å². The van der Waals surface area contributed by atoms with Crippen LogP contribution in [0.1, 0.15) is 5.56 Å². The van der Waals surface area contributed by atoms with Crippen molar-refractivity contribution in [2.75, 3.05) is 7.11 Å². The minimum Gasteiger partial charge on any atom is -0.496 e. The number of hydrogen-bond donors (Lipinski definition) is 0. The second-order valence-corrected chi connectivity index (χ2v) is 4.74. The molecule has 22 heavy (non-hydrogen) atoms. The molecule has 2 rings (SSSR count). The topological polar surface area (TPSA) is 78.7 Å². The van der Waals surface area contributed by atoms with Crippen molar-refractivity contribution in [3.8, 4) is 11.5 Å². The maximum atomic E-state index is 11.9. The first-order valence-electron chi connectivity index (χ1n) is 6.27. The van der Waals surface area contributed by atoms with E-state index in [1.807, 2.05) is 0 Å². The molecule has 0 spiro atoms. The molecule has 0 N–H and O–H groups in total. The van der Waals surface area contributed by atoms with Crippen LogP contribution in [-0.2, 0) is 11.2 Å². The van der Waals surface area contributed by atoms with E-state index in [0.29, 0.717) is 16.3 Å². The SMILES string of the molecule is COc1ccc(OC(=O)Cc2ccccc2Cl)c([N+](=O)[O-])c1. The van der Waals surface area contributed by atoms with Crippen LogP contribution in [-0.4, -0.2) is 18.0 Å². The number of carbonyl (C=O) groups is 1. The molecule has 0 aromatic heterocycles. The summed E-state index contributed by atoms with van der Waals surface area (Å²) in [4.78, 5) is 22.3. The van der Waals surface area contributed by atoms with Gasteiger partial charge in [0, 0.05) is 5.02 Å². The van der Waals surface area contributed by atoms with Crippen molar-refractivity contribution in [3.63, 3.8) is 0 Å². The van der Waals surface area contributed by atoms with Gasteiger partial charge in [-0.15, -0.1) is 0 Å². The van der Waals surface area contributed by atoms with E-state index >= 15 is 0 Å². The van der Waals surface area contributed by atoms with Crippen molar-refractivity contribution in [2.24, 2.45) is 0 Å². The van der Waals surface area contributed by atoms with Crippen LogP contribution in [0.4, 0.5) is 5.69 Å². The number of nitrogens with zero attached hydrogens (tertiary/aromatic N) is 1. The molecule has 6 nitrogen and oxygen atoms in total. The molecular formula is C15H12ClNO5. The molecule has 0 aliphatic carbocycles. The minimum absolute atomic E-state index is 0.0805. The fraction of sp³-hybridized carbons (Fsp3) is 0.133. The minimum atomic E-state index is -0.638. The first kappa shape index (κ1) is 15.8. The highest BCUT2D eigenvalue weighted by Crippen LogP contribution is 2.31. The average molecular weight is 322 g/mol. The molecule has 0 heterocycles. The lowest BCUT2D eigenvalue weighted by atomic mass is 10.1. The molecule has 0 radical (unpaired) electrons. The molecule has 0 saturated carbocycles. The first-order chi connectivity index (χ1) is 10.5. The predicted octanol–water partition coefficient (Wildman–Crippen LogP) is 3.40. The molecule has 7 heteroatoms. The fourth-order valence-electron chi connectivity index (χ4n) is 1.81. The van der Waals surface area contributed by atoms with E-state index in [-0.39, 0.29) is 17.9 Å². The van der Waals surface area contributed by atoms with Gasteiger partial charge in [-0.25, -0.2) is 0 Å². The number of esters is 1. The van der Waals surface area contributed by atoms with Crippen LogP contribution < -0.4 is 9.47 Å². The summed E-state index contributed by atoms with van der Waals surface area (Å²) in [6, 6.07) is 10.8. The molecule has 2 aromatic rings. The van der Waals surface area contributed by atoms with Crippen LogP contribution in [0.3, 0.4) is 0 Å². The number of halogens is 1. The second kappa shape index (κ2) is 6.91. The van der Waals surface area contributed by atoms with E-state index in [9.17, 15) is 14.9 Å². The van der Waals surface area contributed by atoms with Gasteiger partial charge in [0.05, 0.1) is 24.5 Å². The number of nitro benzene ring substituents is 1. The molecule has 0 fully saturated rings. The monoisotopic (exact) mass is 321 g/mol. The van der Waals surface area contributed by atoms with Gasteiger partial charge in [0.15, 0.2) is 0 Å². The van der Waals surface area contributed by atoms with Gasteiger partial charge in [0.1, 0.15) is 5.75 Å². The van der Waals surface area contributed by atoms with E-state index in [1.54, 1.807) is 24.3 Å². The van der Waals surface area contributed by atoms with Crippen molar-refractivity contribution >= 4 is 23.3 Å². The highest BCUT2D eigenvalue weighted by atomic mass is 35.5. The molecule has 2 aromatic carbocycles. The van der Waals surface area contributed by atoms with E-state index in [0.717, 1.165) is 0 Å². The summed E-state index contributed by atoms with van der Waals surface area (Å²) >= 11 is 5.96. The quantitative estimate of drug-likeness (QED) is 0.365. The summed E-state index contributed by atoms with van der Waals surface area (Å²) < 4.78 is 9.98. The summed E-state index contributed by atoms with van der Waals surface area (Å²) in [5.74, 6) is -0.471. The first-order valence-corrected chi connectivity index (χ1v) is 6.65. The van der Waals surface area contributed by atoms with E-state index in [4.69, 9.17) is 21.1 Å². The molecular weight excluding hydrogens is 310 g/mol. The maximum Gasteiger partial charge on any atom is 0.315 e. The molecule has 0 aliphatic rings. The van der Waals surface area contributed by atoms with Gasteiger partial charge in [-0.05, 0) is 23.8 Å². The molecule has 0 saturated heterocycles. The largest absolute Gasteiger partial charge is 0.496 e. The molecule has 0 aliphatic heterocycles. The Morgan fingerprint density at radius 2 is 2.00 bits per heavy atom. The van der Waals surface area contributed by atoms with Gasteiger partial charge in [-0.1, -0.05) is 29.8 Å². The van der Waals surface area contributed by atoms with E-state index in [1.165, 1.54) is 25.3 Å². The average Bonchev–Trinajstić information content (AvgIpc) is 2.49. The third-order valence-corrected chi connectivity index (χ3v) is 3.25. The van der Waals surface area contributed by atoms with Crippen LogP contribution in [0, 0.1) is 10.1 Å². The Morgan fingerprint density at radius 1 is 1.27 bits per heavy atom. The van der Waals surface area contributed by atoms with Gasteiger partial charge in [0.25, 0.3) is 0 Å². The number of methoxy groups -OCH3 is 1. The zero-order chi connectivity index (χ0) is 16.1. The Balaban J connectivity index is 2.18. The van der Waals surface area contributed by atoms with Crippen LogP contribution in [0.5, 0.6) is 11.5 Å². The zero-order valence-corrected chi connectivity index (χ0v) is 12.4. The number of hydrogen-bond acceptors (Lipinski definition) is 5. The van der Waals surface area contributed by atoms with Gasteiger partial charge < -0.3 is 9.47 Å². The van der Waals surface area contributed by atoms with Gasteiger partial charge in [0.2, 0.25) is 5.75 Å². The van der Waals surface area contributed by atoms with Crippen LogP contribution in [0.25, 0.3) is 0 Å². The van der Waals surface area contributed by atoms with Crippen molar-refractivity contribution in [3.05, 3.63) is 63.2 Å². The molecule has 0 amide bonds. The van der Waals surface area contributed by atoms with E-state index < -0.39 is 10.9 Å². The molecule has 114 valence electrons. The lowest BCUT2D eigenvalue weighted by molar-refractivity contribution is -0.385. The normalized spacial score (nSPS) is 10.1. The number of carbonyl (C=O) groups excluding carboxylic acids is 1. The fourth-order valence-corrected chi connectivity index (χ4v) is 2.01. The lowest BCUT2D eigenvalue weighted by Crippen LogP contribution is -2.12. The molecule has 0 bridgehead atoms. The van der Waals surface area contributed by atoms with E-state index in [2.05, 4.69) is 0 Å². The highest BCUT2D eigenvalue weighted by Gasteiger charge is 2.19.